The average molecular weight is 520 g/mol. The number of carbonyl (C=O) groups excluding carboxylic acids is 1. The maximum atomic E-state index is 13.9. The lowest BCUT2D eigenvalue weighted by Gasteiger charge is -2.21. The third kappa shape index (κ3) is 4.76. The molecule has 6 nitrogen and oxygen atoms in total. The number of nitrogens with one attached hydrogen (secondary N) is 2. The number of hydrogen-bond acceptors (Lipinski definition) is 7. The van der Waals surface area contributed by atoms with E-state index < -0.39 is 11.7 Å². The topological polar surface area (TPSA) is 70.2 Å². The molecular formula is C24H24F3N5OS2. The van der Waals surface area contributed by atoms with Gasteiger partial charge in [0.1, 0.15) is 10.4 Å². The lowest BCUT2D eigenvalue weighted by molar-refractivity contribution is -0.137. The Balaban J connectivity index is 1.56. The van der Waals surface area contributed by atoms with Crippen LogP contribution < -0.4 is 10.6 Å². The molecule has 0 unspecified atom stereocenters. The summed E-state index contributed by atoms with van der Waals surface area (Å²) in [6.45, 7) is 4.30. The lowest BCUT2D eigenvalue weighted by Crippen LogP contribution is -2.26. The summed E-state index contributed by atoms with van der Waals surface area (Å²) in [6.07, 6.45) is -2.10. The minimum Gasteiger partial charge on any atom is -0.340 e. The molecule has 2 aliphatic heterocycles. The van der Waals surface area contributed by atoms with Crippen molar-refractivity contribution in [3.05, 3.63) is 51.5 Å². The largest absolute Gasteiger partial charge is 0.420 e. The van der Waals surface area contributed by atoms with Crippen molar-refractivity contribution in [3.63, 3.8) is 0 Å². The van der Waals surface area contributed by atoms with E-state index in [-0.39, 0.29) is 17.5 Å². The van der Waals surface area contributed by atoms with Gasteiger partial charge in [-0.05, 0) is 48.2 Å². The standard InChI is InChI=1S/C24H24F3N5OS2/c1-3-13-8-14-4-5-28-11-15(14)9-17(13)30-23-29-12-16(24(25,26)27)20(31-23)18-10-19-21(35-18)22(33)32(2)6-7-34-19/h8-10,12,28H,3-7,11H2,1-2H3,(H,29,30,31). The van der Waals surface area contributed by atoms with E-state index in [1.807, 2.05) is 13.0 Å². The highest BCUT2D eigenvalue weighted by Crippen LogP contribution is 2.43. The van der Waals surface area contributed by atoms with E-state index >= 15 is 0 Å². The molecule has 0 atom stereocenters. The number of aryl methyl sites for hydroxylation is 1. The molecule has 0 bridgehead atoms. The molecule has 0 aliphatic carbocycles. The second-order valence-electron chi connectivity index (χ2n) is 8.52. The van der Waals surface area contributed by atoms with Crippen LogP contribution in [-0.4, -0.2) is 46.7 Å². The maximum absolute atomic E-state index is 13.9. The predicted octanol–water partition coefficient (Wildman–Crippen LogP) is 5.35. The van der Waals surface area contributed by atoms with Crippen LogP contribution in [0.25, 0.3) is 10.6 Å². The number of amides is 1. The van der Waals surface area contributed by atoms with Gasteiger partial charge in [-0.1, -0.05) is 13.0 Å². The van der Waals surface area contributed by atoms with Crippen molar-refractivity contribution in [2.75, 3.05) is 31.2 Å². The molecule has 35 heavy (non-hydrogen) atoms. The van der Waals surface area contributed by atoms with Gasteiger partial charge in [0.25, 0.3) is 5.91 Å². The van der Waals surface area contributed by atoms with Crippen molar-refractivity contribution in [1.29, 1.82) is 0 Å². The summed E-state index contributed by atoms with van der Waals surface area (Å²) in [4.78, 5) is 24.1. The SMILES string of the molecule is CCc1cc2c(cc1Nc1ncc(C(F)(F)F)c(-c3cc4c(s3)C(=O)N(C)CCS4)n1)CNCC2. The summed E-state index contributed by atoms with van der Waals surface area (Å²) in [7, 11) is 1.70. The Morgan fingerprint density at radius 3 is 2.83 bits per heavy atom. The van der Waals surface area contributed by atoms with Gasteiger partial charge in [-0.25, -0.2) is 9.97 Å². The number of thiophene rings is 1. The van der Waals surface area contributed by atoms with E-state index in [2.05, 4.69) is 26.7 Å². The van der Waals surface area contributed by atoms with Gasteiger partial charge in [0.05, 0.1) is 10.6 Å². The van der Waals surface area contributed by atoms with Crippen LogP contribution in [0, 0.1) is 0 Å². The number of anilines is 2. The van der Waals surface area contributed by atoms with Crippen molar-refractivity contribution >= 4 is 40.6 Å². The van der Waals surface area contributed by atoms with E-state index in [1.165, 1.54) is 17.3 Å². The van der Waals surface area contributed by atoms with Gasteiger partial charge < -0.3 is 15.5 Å². The molecule has 184 valence electrons. The first-order valence-electron chi connectivity index (χ1n) is 11.3. The van der Waals surface area contributed by atoms with Gasteiger partial charge in [0, 0.05) is 42.7 Å². The number of nitrogens with zero attached hydrogens (tertiary/aromatic N) is 3. The fourth-order valence-electron chi connectivity index (χ4n) is 4.27. The molecule has 1 amide bonds. The summed E-state index contributed by atoms with van der Waals surface area (Å²) >= 11 is 2.52. The van der Waals surface area contributed by atoms with Crippen LogP contribution >= 0.6 is 23.1 Å². The predicted molar refractivity (Wildman–Crippen MR) is 133 cm³/mol. The molecule has 4 heterocycles. The second kappa shape index (κ2) is 9.44. The molecule has 0 spiro atoms. The first-order chi connectivity index (χ1) is 16.7. The number of carbonyl (C=O) groups is 1. The first-order valence-corrected chi connectivity index (χ1v) is 13.1. The molecule has 0 saturated carbocycles. The van der Waals surface area contributed by atoms with Crippen molar-refractivity contribution in [2.24, 2.45) is 0 Å². The van der Waals surface area contributed by atoms with Gasteiger partial charge in [0.2, 0.25) is 5.95 Å². The highest BCUT2D eigenvalue weighted by atomic mass is 32.2. The van der Waals surface area contributed by atoms with Gasteiger partial charge in [0.15, 0.2) is 0 Å². The molecule has 1 aromatic carbocycles. The quantitative estimate of drug-likeness (QED) is 0.484. The molecule has 5 rings (SSSR count). The summed E-state index contributed by atoms with van der Waals surface area (Å²) < 4.78 is 41.7. The summed E-state index contributed by atoms with van der Waals surface area (Å²) in [5.74, 6) is 0.588. The number of rotatable bonds is 4. The Morgan fingerprint density at radius 2 is 2.06 bits per heavy atom. The molecule has 11 heteroatoms. The van der Waals surface area contributed by atoms with Crippen molar-refractivity contribution in [2.45, 2.75) is 37.4 Å². The highest BCUT2D eigenvalue weighted by molar-refractivity contribution is 7.99. The number of aromatic nitrogens is 2. The van der Waals surface area contributed by atoms with Crippen LogP contribution in [0.4, 0.5) is 24.8 Å². The Bertz CT molecular complexity index is 1290. The van der Waals surface area contributed by atoms with Crippen LogP contribution in [0.1, 0.15) is 38.8 Å². The number of benzene rings is 1. The minimum absolute atomic E-state index is 0.0890. The molecular weight excluding hydrogens is 495 g/mol. The maximum Gasteiger partial charge on any atom is 0.420 e. The number of halogens is 3. The zero-order valence-electron chi connectivity index (χ0n) is 19.3. The van der Waals surface area contributed by atoms with Crippen molar-refractivity contribution in [1.82, 2.24) is 20.2 Å². The highest BCUT2D eigenvalue weighted by Gasteiger charge is 2.37. The monoisotopic (exact) mass is 519 g/mol. The third-order valence-corrected chi connectivity index (χ3v) is 8.47. The van der Waals surface area contributed by atoms with Crippen molar-refractivity contribution in [3.8, 4) is 10.6 Å². The molecule has 2 aromatic heterocycles. The molecule has 2 N–H and O–H groups in total. The van der Waals surface area contributed by atoms with E-state index in [1.54, 1.807) is 18.0 Å². The fourth-order valence-corrected chi connectivity index (χ4v) is 6.70. The molecule has 0 fully saturated rings. The fraction of sp³-hybridized carbons (Fsp3) is 0.375. The van der Waals surface area contributed by atoms with Crippen LogP contribution in [0.3, 0.4) is 0 Å². The number of thioether (sulfide) groups is 1. The van der Waals surface area contributed by atoms with Crippen LogP contribution in [0.5, 0.6) is 0 Å². The summed E-state index contributed by atoms with van der Waals surface area (Å²) in [6, 6.07) is 5.82. The van der Waals surface area contributed by atoms with Crippen LogP contribution in [-0.2, 0) is 25.6 Å². The smallest absolute Gasteiger partial charge is 0.340 e. The number of hydrogen-bond donors (Lipinski definition) is 2. The van der Waals surface area contributed by atoms with Gasteiger partial charge in [-0.15, -0.1) is 23.1 Å². The third-order valence-electron chi connectivity index (χ3n) is 6.19. The molecule has 0 saturated heterocycles. The van der Waals surface area contributed by atoms with Crippen molar-refractivity contribution < 1.29 is 18.0 Å². The van der Waals surface area contributed by atoms with Gasteiger partial charge >= 0.3 is 6.18 Å². The Labute approximate surface area is 209 Å². The zero-order chi connectivity index (χ0) is 24.7. The van der Waals surface area contributed by atoms with Crippen LogP contribution in [0.2, 0.25) is 0 Å². The van der Waals surface area contributed by atoms with E-state index in [0.29, 0.717) is 26.9 Å². The van der Waals surface area contributed by atoms with Gasteiger partial charge in [-0.3, -0.25) is 4.79 Å². The lowest BCUT2D eigenvalue weighted by atomic mass is 9.96. The number of alkyl halides is 3. The summed E-state index contributed by atoms with van der Waals surface area (Å²) in [5, 5.41) is 6.50. The summed E-state index contributed by atoms with van der Waals surface area (Å²) in [5.41, 5.74) is 3.15. The Morgan fingerprint density at radius 1 is 1.23 bits per heavy atom. The first kappa shape index (κ1) is 24.1. The Hall–Kier alpha value is -2.63. The Kier molecular flexibility index (Phi) is 6.49. The normalized spacial score (nSPS) is 16.0. The molecule has 0 radical (unpaired) electrons. The van der Waals surface area contributed by atoms with E-state index in [4.69, 9.17) is 0 Å². The van der Waals surface area contributed by atoms with Gasteiger partial charge in [-0.2, -0.15) is 13.2 Å². The zero-order valence-corrected chi connectivity index (χ0v) is 20.9. The molecule has 2 aliphatic rings. The average Bonchev–Trinajstić information content (AvgIpc) is 3.21. The minimum atomic E-state index is -4.63. The second-order valence-corrected chi connectivity index (χ2v) is 10.7. The van der Waals surface area contributed by atoms with E-state index in [0.717, 1.165) is 60.3 Å². The van der Waals surface area contributed by atoms with Crippen LogP contribution in [0.15, 0.2) is 29.3 Å². The van der Waals surface area contributed by atoms with E-state index in [9.17, 15) is 18.0 Å². The number of fused-ring (bicyclic) bond motifs is 2. The molecule has 3 aromatic rings.